The number of benzene rings is 1. The van der Waals surface area contributed by atoms with Gasteiger partial charge in [-0.3, -0.25) is 4.79 Å². The van der Waals surface area contributed by atoms with Crippen molar-refractivity contribution in [2.45, 2.75) is 44.6 Å². The molecule has 0 aromatic heterocycles. The zero-order chi connectivity index (χ0) is 15.3. The number of anilines is 1. The van der Waals surface area contributed by atoms with Crippen molar-refractivity contribution in [2.75, 3.05) is 11.4 Å². The Morgan fingerprint density at radius 3 is 2.61 bits per heavy atom. The number of nitrogens with two attached hydrogens (primary N) is 1. The van der Waals surface area contributed by atoms with E-state index in [4.69, 9.17) is 5.73 Å². The third-order valence-electron chi connectivity index (χ3n) is 5.97. The topological polar surface area (TPSA) is 46.3 Å². The average Bonchev–Trinajstić information content (AvgIpc) is 2.91. The molecule has 1 aromatic rings. The second-order valence-electron chi connectivity index (χ2n) is 7.18. The minimum atomic E-state index is -0.268. The molecule has 2 aliphatic carbocycles. The van der Waals surface area contributed by atoms with E-state index in [1.165, 1.54) is 12.5 Å². The molecule has 1 amide bonds. The number of rotatable bonds is 1. The summed E-state index contributed by atoms with van der Waals surface area (Å²) in [5, 5.41) is 0. The third-order valence-corrected chi connectivity index (χ3v) is 5.97. The van der Waals surface area contributed by atoms with Crippen LogP contribution in [0.2, 0.25) is 0 Å². The minimum Gasteiger partial charge on any atom is -0.327 e. The number of nitrogens with zero attached hydrogens (tertiary/aromatic N) is 1. The van der Waals surface area contributed by atoms with Crippen molar-refractivity contribution in [3.63, 3.8) is 0 Å². The number of amides is 1. The van der Waals surface area contributed by atoms with Gasteiger partial charge >= 0.3 is 0 Å². The van der Waals surface area contributed by atoms with Crippen molar-refractivity contribution < 1.29 is 9.18 Å². The number of carbonyl (C=O) groups excluding carboxylic acids is 1. The Labute approximate surface area is 142 Å². The van der Waals surface area contributed by atoms with Crippen LogP contribution in [0.15, 0.2) is 18.2 Å². The van der Waals surface area contributed by atoms with Crippen molar-refractivity contribution in [3.05, 3.63) is 29.6 Å². The van der Waals surface area contributed by atoms with E-state index in [9.17, 15) is 9.18 Å². The summed E-state index contributed by atoms with van der Waals surface area (Å²) < 4.78 is 14.1. The summed E-state index contributed by atoms with van der Waals surface area (Å²) in [6.07, 6.45) is 6.06. The molecule has 2 N–H and O–H groups in total. The van der Waals surface area contributed by atoms with Gasteiger partial charge in [-0.05, 0) is 55.6 Å². The summed E-state index contributed by atoms with van der Waals surface area (Å²) in [6, 6.07) is 5.37. The van der Waals surface area contributed by atoms with Crippen LogP contribution in [0.5, 0.6) is 0 Å². The van der Waals surface area contributed by atoms with Gasteiger partial charge in [0, 0.05) is 18.5 Å². The lowest BCUT2D eigenvalue weighted by Gasteiger charge is -2.44. The van der Waals surface area contributed by atoms with Gasteiger partial charge in [0.15, 0.2) is 0 Å². The first-order valence-corrected chi connectivity index (χ1v) is 8.49. The Balaban J connectivity index is 0.00000156. The first kappa shape index (κ1) is 16.7. The summed E-state index contributed by atoms with van der Waals surface area (Å²) in [5.74, 6) is 0.831. The first-order valence-electron chi connectivity index (χ1n) is 8.49. The molecule has 5 heteroatoms. The summed E-state index contributed by atoms with van der Waals surface area (Å²) in [4.78, 5) is 14.7. The Morgan fingerprint density at radius 1 is 1.22 bits per heavy atom. The molecule has 2 saturated carbocycles. The van der Waals surface area contributed by atoms with Crippen molar-refractivity contribution in [2.24, 2.45) is 23.5 Å². The van der Waals surface area contributed by atoms with Gasteiger partial charge in [-0.1, -0.05) is 18.6 Å². The van der Waals surface area contributed by atoms with E-state index >= 15 is 0 Å². The van der Waals surface area contributed by atoms with Gasteiger partial charge in [-0.25, -0.2) is 4.39 Å². The lowest BCUT2D eigenvalue weighted by molar-refractivity contribution is -0.125. The van der Waals surface area contributed by atoms with E-state index < -0.39 is 0 Å². The van der Waals surface area contributed by atoms with Crippen molar-refractivity contribution in [1.29, 1.82) is 0 Å². The molecule has 4 rings (SSSR count). The highest BCUT2D eigenvalue weighted by Gasteiger charge is 2.42. The van der Waals surface area contributed by atoms with Crippen molar-refractivity contribution >= 4 is 24.0 Å². The first-order chi connectivity index (χ1) is 10.6. The van der Waals surface area contributed by atoms with Crippen LogP contribution < -0.4 is 10.6 Å². The molecule has 1 aliphatic heterocycles. The number of carbonyl (C=O) groups is 1. The molecule has 23 heavy (non-hydrogen) atoms. The van der Waals surface area contributed by atoms with Crippen LogP contribution in [0, 0.1) is 23.6 Å². The van der Waals surface area contributed by atoms with Crippen molar-refractivity contribution in [1.82, 2.24) is 0 Å². The SMILES string of the molecule is Cl.NC1C2CCCC1CC(C(=O)N1CCc3cccc(F)c31)C2. The number of halogens is 2. The molecule has 1 heterocycles. The zero-order valence-corrected chi connectivity index (χ0v) is 14.0. The number of hydrogen-bond acceptors (Lipinski definition) is 2. The Bertz CT molecular complexity index is 595. The predicted molar refractivity (Wildman–Crippen MR) is 91.2 cm³/mol. The molecule has 2 atom stereocenters. The second-order valence-corrected chi connectivity index (χ2v) is 7.18. The van der Waals surface area contributed by atoms with E-state index in [0.29, 0.717) is 24.1 Å². The Morgan fingerprint density at radius 2 is 1.91 bits per heavy atom. The molecule has 0 radical (unpaired) electrons. The maximum absolute atomic E-state index is 14.1. The van der Waals surface area contributed by atoms with Crippen LogP contribution in [0.1, 0.15) is 37.7 Å². The fourth-order valence-corrected chi connectivity index (χ4v) is 4.84. The maximum atomic E-state index is 14.1. The summed E-state index contributed by atoms with van der Waals surface area (Å²) in [7, 11) is 0. The molecule has 1 aromatic carbocycles. The van der Waals surface area contributed by atoms with Crippen LogP contribution in [0.3, 0.4) is 0 Å². The maximum Gasteiger partial charge on any atom is 0.230 e. The fraction of sp³-hybridized carbons (Fsp3) is 0.611. The molecule has 0 saturated heterocycles. The highest BCUT2D eigenvalue weighted by Crippen LogP contribution is 2.43. The summed E-state index contributed by atoms with van der Waals surface area (Å²) in [6.45, 7) is 0.618. The van der Waals surface area contributed by atoms with E-state index in [1.54, 1.807) is 11.0 Å². The molecule has 3 nitrogen and oxygen atoms in total. The highest BCUT2D eigenvalue weighted by atomic mass is 35.5. The standard InChI is InChI=1S/C18H23FN2O.ClH/c19-15-6-2-3-11-7-8-21(17(11)15)18(22)14-9-12-4-1-5-13(10-14)16(12)20;/h2-3,6,12-14,16H,1,4-5,7-10,20H2;1H. The van der Waals surface area contributed by atoms with Crippen LogP contribution in [-0.4, -0.2) is 18.5 Å². The molecule has 3 aliphatic rings. The smallest absolute Gasteiger partial charge is 0.230 e. The monoisotopic (exact) mass is 338 g/mol. The van der Waals surface area contributed by atoms with E-state index in [0.717, 1.165) is 37.7 Å². The van der Waals surface area contributed by atoms with E-state index in [1.807, 2.05) is 6.07 Å². The minimum absolute atomic E-state index is 0. The van der Waals surface area contributed by atoms with Gasteiger partial charge in [-0.2, -0.15) is 0 Å². The van der Waals surface area contributed by atoms with Crippen LogP contribution >= 0.6 is 12.4 Å². The quantitative estimate of drug-likeness (QED) is 0.854. The predicted octanol–water partition coefficient (Wildman–Crippen LogP) is 3.29. The largest absolute Gasteiger partial charge is 0.327 e. The average molecular weight is 339 g/mol. The summed E-state index contributed by atoms with van der Waals surface area (Å²) >= 11 is 0. The molecular weight excluding hydrogens is 315 g/mol. The van der Waals surface area contributed by atoms with Crippen LogP contribution in [-0.2, 0) is 11.2 Å². The van der Waals surface area contributed by atoms with Crippen molar-refractivity contribution in [3.8, 4) is 0 Å². The molecule has 2 unspecified atom stereocenters. The van der Waals surface area contributed by atoms with Crippen LogP contribution in [0.25, 0.3) is 0 Å². The number of fused-ring (bicyclic) bond motifs is 3. The third kappa shape index (κ3) is 2.76. The highest BCUT2D eigenvalue weighted by molar-refractivity contribution is 5.97. The second kappa shape index (κ2) is 6.40. The number of para-hydroxylation sites is 1. The normalized spacial score (nSPS) is 32.2. The molecule has 2 bridgehead atoms. The number of hydrogen-bond donors (Lipinski definition) is 1. The fourth-order valence-electron chi connectivity index (χ4n) is 4.84. The lowest BCUT2D eigenvalue weighted by Crippen LogP contribution is -2.49. The van der Waals surface area contributed by atoms with Gasteiger partial charge in [-0.15, -0.1) is 12.4 Å². The molecule has 126 valence electrons. The molecular formula is C18H24ClFN2O. The summed E-state index contributed by atoms with van der Waals surface area (Å²) in [5.41, 5.74) is 7.80. The van der Waals surface area contributed by atoms with E-state index in [2.05, 4.69) is 0 Å². The molecule has 0 spiro atoms. The van der Waals surface area contributed by atoms with Gasteiger partial charge in [0.1, 0.15) is 5.82 Å². The van der Waals surface area contributed by atoms with E-state index in [-0.39, 0.29) is 36.1 Å². The van der Waals surface area contributed by atoms with Gasteiger partial charge in [0.2, 0.25) is 5.91 Å². The van der Waals surface area contributed by atoms with Gasteiger partial charge < -0.3 is 10.6 Å². The van der Waals surface area contributed by atoms with Gasteiger partial charge in [0.05, 0.1) is 5.69 Å². The zero-order valence-electron chi connectivity index (χ0n) is 13.2. The lowest BCUT2D eigenvalue weighted by atomic mass is 9.65. The molecule has 2 fully saturated rings. The van der Waals surface area contributed by atoms with Crippen LogP contribution in [0.4, 0.5) is 10.1 Å². The Kier molecular flexibility index (Phi) is 4.65. The van der Waals surface area contributed by atoms with Gasteiger partial charge in [0.25, 0.3) is 0 Å². The Hall–Kier alpha value is -1.13.